The predicted molar refractivity (Wildman–Crippen MR) is 120 cm³/mol. The quantitative estimate of drug-likeness (QED) is 0.254. The highest BCUT2D eigenvalue weighted by molar-refractivity contribution is 8.00. The lowest BCUT2D eigenvalue weighted by atomic mass is 10.2. The maximum atomic E-state index is 12.3. The summed E-state index contributed by atoms with van der Waals surface area (Å²) in [4.78, 5) is 21.0. The van der Waals surface area contributed by atoms with Gasteiger partial charge in [-0.3, -0.25) is 4.79 Å². The fourth-order valence-electron chi connectivity index (χ4n) is 2.61. The Morgan fingerprint density at radius 1 is 1.10 bits per heavy atom. The monoisotopic (exact) mass is 420 g/mol. The van der Waals surface area contributed by atoms with Gasteiger partial charge in [0.2, 0.25) is 0 Å². The summed E-state index contributed by atoms with van der Waals surface area (Å²) in [7, 11) is 0. The van der Waals surface area contributed by atoms with Gasteiger partial charge in [0.25, 0.3) is 5.91 Å². The van der Waals surface area contributed by atoms with Crippen molar-refractivity contribution in [3.8, 4) is 5.75 Å². The van der Waals surface area contributed by atoms with E-state index in [1.807, 2.05) is 74.5 Å². The zero-order valence-corrected chi connectivity index (χ0v) is 18.0. The Hall–Kier alpha value is -3.19. The van der Waals surface area contributed by atoms with Crippen LogP contribution in [0.3, 0.4) is 0 Å². The summed E-state index contributed by atoms with van der Waals surface area (Å²) in [5.41, 5.74) is 6.30. The number of nitrogens with one attached hydrogen (secondary N) is 1. The van der Waals surface area contributed by atoms with Crippen LogP contribution in [0.4, 0.5) is 0 Å². The predicted octanol–water partition coefficient (Wildman–Crippen LogP) is 4.30. The van der Waals surface area contributed by atoms with Crippen LogP contribution in [0.2, 0.25) is 0 Å². The van der Waals surface area contributed by atoms with E-state index >= 15 is 0 Å². The van der Waals surface area contributed by atoms with Crippen molar-refractivity contribution in [3.63, 3.8) is 0 Å². The van der Waals surface area contributed by atoms with Crippen LogP contribution in [-0.4, -0.2) is 27.3 Å². The van der Waals surface area contributed by atoms with Crippen LogP contribution in [0.5, 0.6) is 5.75 Å². The van der Waals surface area contributed by atoms with Crippen molar-refractivity contribution in [1.82, 2.24) is 15.4 Å². The van der Waals surface area contributed by atoms with Crippen LogP contribution < -0.4 is 10.2 Å². The van der Waals surface area contributed by atoms with E-state index in [1.165, 1.54) is 11.8 Å². The number of thioether (sulfide) groups is 1. The van der Waals surface area contributed by atoms with Gasteiger partial charge < -0.3 is 4.74 Å². The molecule has 1 aromatic heterocycles. The first-order chi connectivity index (χ1) is 14.5. The van der Waals surface area contributed by atoms with E-state index in [0.717, 1.165) is 28.3 Å². The van der Waals surface area contributed by atoms with Crippen LogP contribution >= 0.6 is 11.8 Å². The summed E-state index contributed by atoms with van der Waals surface area (Å²) in [5, 5.41) is 4.27. The topological polar surface area (TPSA) is 76.5 Å². The minimum absolute atomic E-state index is 0.207. The summed E-state index contributed by atoms with van der Waals surface area (Å²) < 4.78 is 5.77. The zero-order valence-electron chi connectivity index (χ0n) is 17.2. The molecule has 1 atom stereocenters. The smallest absolute Gasteiger partial charge is 0.253 e. The van der Waals surface area contributed by atoms with Crippen molar-refractivity contribution in [2.24, 2.45) is 5.10 Å². The second-order valence-corrected chi connectivity index (χ2v) is 8.08. The van der Waals surface area contributed by atoms with Gasteiger partial charge in [-0.25, -0.2) is 15.4 Å². The lowest BCUT2D eigenvalue weighted by molar-refractivity contribution is -0.120. The van der Waals surface area contributed by atoms with Gasteiger partial charge in [-0.1, -0.05) is 42.1 Å². The Morgan fingerprint density at radius 3 is 2.43 bits per heavy atom. The number of carbonyl (C=O) groups excluding carboxylic acids is 1. The molecule has 1 N–H and O–H groups in total. The van der Waals surface area contributed by atoms with Crippen LogP contribution in [0.1, 0.15) is 29.4 Å². The molecule has 0 aliphatic rings. The molecule has 1 heterocycles. The van der Waals surface area contributed by atoms with Gasteiger partial charge in [-0.15, -0.1) is 0 Å². The molecule has 0 radical (unpaired) electrons. The SMILES string of the molecule is Cc1cc(C)nc(S[C@@H](C)C(=O)NN=Cc2ccc(OCc3ccccc3)cc2)n1. The first kappa shape index (κ1) is 21.5. The van der Waals surface area contributed by atoms with Crippen molar-refractivity contribution in [2.45, 2.75) is 37.8 Å². The van der Waals surface area contributed by atoms with Gasteiger partial charge in [0.05, 0.1) is 11.5 Å². The summed E-state index contributed by atoms with van der Waals surface area (Å²) in [6.45, 7) is 6.14. The normalized spacial score (nSPS) is 12.0. The van der Waals surface area contributed by atoms with E-state index in [2.05, 4.69) is 20.5 Å². The van der Waals surface area contributed by atoms with Gasteiger partial charge in [0, 0.05) is 11.4 Å². The summed E-state index contributed by atoms with van der Waals surface area (Å²) in [6.07, 6.45) is 1.60. The number of rotatable bonds is 8. The number of benzene rings is 2. The summed E-state index contributed by atoms with van der Waals surface area (Å²) in [6, 6.07) is 19.4. The number of hydrogen-bond acceptors (Lipinski definition) is 6. The average Bonchev–Trinajstić information content (AvgIpc) is 2.73. The van der Waals surface area contributed by atoms with Crippen LogP contribution in [0.15, 0.2) is 70.9 Å². The van der Waals surface area contributed by atoms with Gasteiger partial charge in [0.1, 0.15) is 12.4 Å². The zero-order chi connectivity index (χ0) is 21.3. The number of aromatic nitrogens is 2. The Morgan fingerprint density at radius 2 is 1.77 bits per heavy atom. The third-order valence-electron chi connectivity index (χ3n) is 4.13. The molecule has 3 aromatic rings. The number of ether oxygens (including phenoxy) is 1. The lowest BCUT2D eigenvalue weighted by Gasteiger charge is -2.09. The molecule has 2 aromatic carbocycles. The molecular weight excluding hydrogens is 396 g/mol. The van der Waals surface area contributed by atoms with E-state index in [9.17, 15) is 4.79 Å². The second kappa shape index (κ2) is 10.5. The van der Waals surface area contributed by atoms with Crippen LogP contribution in [0.25, 0.3) is 0 Å². The third kappa shape index (κ3) is 6.70. The van der Waals surface area contributed by atoms with E-state index in [4.69, 9.17) is 4.74 Å². The van der Waals surface area contributed by atoms with Gasteiger partial charge >= 0.3 is 0 Å². The Kier molecular flexibility index (Phi) is 7.57. The Bertz CT molecular complexity index is 987. The van der Waals surface area contributed by atoms with Crippen LogP contribution in [-0.2, 0) is 11.4 Å². The number of nitrogens with zero attached hydrogens (tertiary/aromatic N) is 3. The fourth-order valence-corrected chi connectivity index (χ4v) is 3.48. The molecule has 30 heavy (non-hydrogen) atoms. The maximum Gasteiger partial charge on any atom is 0.253 e. The van der Waals surface area contributed by atoms with Crippen molar-refractivity contribution in [1.29, 1.82) is 0 Å². The molecule has 0 bridgehead atoms. The van der Waals surface area contributed by atoms with Crippen molar-refractivity contribution in [3.05, 3.63) is 83.2 Å². The fraction of sp³-hybridized carbons (Fsp3) is 0.217. The number of aryl methyl sites for hydroxylation is 2. The molecule has 3 rings (SSSR count). The number of hydrazone groups is 1. The number of carbonyl (C=O) groups is 1. The molecule has 0 spiro atoms. The first-order valence-electron chi connectivity index (χ1n) is 9.58. The van der Waals surface area contributed by atoms with E-state index in [1.54, 1.807) is 13.1 Å². The number of amides is 1. The molecule has 0 saturated carbocycles. The molecular formula is C23H24N4O2S. The highest BCUT2D eigenvalue weighted by atomic mass is 32.2. The molecule has 0 unspecified atom stereocenters. The van der Waals surface area contributed by atoms with Crippen LogP contribution in [0, 0.1) is 13.8 Å². The highest BCUT2D eigenvalue weighted by Gasteiger charge is 2.15. The van der Waals surface area contributed by atoms with Crippen molar-refractivity contribution in [2.75, 3.05) is 0 Å². The molecule has 0 saturated heterocycles. The molecule has 0 aliphatic heterocycles. The average molecular weight is 421 g/mol. The summed E-state index contributed by atoms with van der Waals surface area (Å²) in [5.74, 6) is 0.570. The maximum absolute atomic E-state index is 12.3. The molecule has 154 valence electrons. The minimum atomic E-state index is -0.364. The largest absolute Gasteiger partial charge is 0.489 e. The third-order valence-corrected chi connectivity index (χ3v) is 5.09. The van der Waals surface area contributed by atoms with Crippen molar-refractivity contribution >= 4 is 23.9 Å². The van der Waals surface area contributed by atoms with Gasteiger partial charge in [0.15, 0.2) is 5.16 Å². The Labute approximate surface area is 180 Å². The first-order valence-corrected chi connectivity index (χ1v) is 10.5. The molecule has 7 heteroatoms. The second-order valence-electron chi connectivity index (χ2n) is 6.77. The van der Waals surface area contributed by atoms with E-state index < -0.39 is 0 Å². The van der Waals surface area contributed by atoms with Gasteiger partial charge in [-0.2, -0.15) is 5.10 Å². The molecule has 0 aliphatic carbocycles. The highest BCUT2D eigenvalue weighted by Crippen LogP contribution is 2.20. The standard InChI is InChI=1S/C23H24N4O2S/c1-16-13-17(2)26-23(25-16)30-18(3)22(28)27-24-14-19-9-11-21(12-10-19)29-15-20-7-5-4-6-8-20/h4-14,18H,15H2,1-3H3,(H,27,28)/t18-/m0/s1. The van der Waals surface area contributed by atoms with E-state index in [-0.39, 0.29) is 11.2 Å². The molecule has 1 amide bonds. The van der Waals surface area contributed by atoms with Crippen molar-refractivity contribution < 1.29 is 9.53 Å². The lowest BCUT2D eigenvalue weighted by Crippen LogP contribution is -2.27. The molecule has 6 nitrogen and oxygen atoms in total. The van der Waals surface area contributed by atoms with Gasteiger partial charge in [-0.05, 0) is 62.2 Å². The van der Waals surface area contributed by atoms with E-state index in [0.29, 0.717) is 11.8 Å². The number of hydrogen-bond donors (Lipinski definition) is 1. The Balaban J connectivity index is 1.47. The summed E-state index contributed by atoms with van der Waals surface area (Å²) >= 11 is 1.31. The minimum Gasteiger partial charge on any atom is -0.489 e. The molecule has 0 fully saturated rings.